The van der Waals surface area contributed by atoms with Crippen LogP contribution in [0.5, 0.6) is 0 Å². The van der Waals surface area contributed by atoms with Crippen molar-refractivity contribution < 1.29 is 0 Å². The molecule has 80 valence electrons. The van der Waals surface area contributed by atoms with Gasteiger partial charge in [-0.15, -0.1) is 0 Å². The molecule has 0 heteroatoms. The summed E-state index contributed by atoms with van der Waals surface area (Å²) in [5, 5.41) is 0. The Hall–Kier alpha value is -1.30. The molecule has 0 spiro atoms. The molecule has 0 amide bonds. The molecular weight excluding hydrogens is 180 g/mol. The van der Waals surface area contributed by atoms with Gasteiger partial charge in [-0.25, -0.2) is 0 Å². The van der Waals surface area contributed by atoms with E-state index in [2.05, 4.69) is 64.6 Å². The lowest BCUT2D eigenvalue weighted by Crippen LogP contribution is -2.08. The van der Waals surface area contributed by atoms with E-state index in [-0.39, 0.29) is 5.41 Å². The van der Waals surface area contributed by atoms with Gasteiger partial charge in [0.1, 0.15) is 0 Å². The van der Waals surface area contributed by atoms with E-state index in [1.807, 2.05) is 6.08 Å². The van der Waals surface area contributed by atoms with Crippen LogP contribution in [0.15, 0.2) is 43.0 Å². The number of benzene rings is 1. The van der Waals surface area contributed by atoms with E-state index in [0.717, 1.165) is 0 Å². The van der Waals surface area contributed by atoms with Crippen LogP contribution in [0.2, 0.25) is 0 Å². The summed E-state index contributed by atoms with van der Waals surface area (Å²) in [5.74, 6) is 0. The largest absolute Gasteiger partial charge is 0.0991 e. The summed E-state index contributed by atoms with van der Waals surface area (Å²) in [4.78, 5) is 0. The number of hydrogen-bond acceptors (Lipinski definition) is 0. The third-order valence-corrected chi connectivity index (χ3v) is 2.46. The molecule has 0 radical (unpaired) electrons. The van der Waals surface area contributed by atoms with Gasteiger partial charge in [-0.3, -0.25) is 0 Å². The molecule has 0 unspecified atom stereocenters. The summed E-state index contributed by atoms with van der Waals surface area (Å²) in [5.41, 5.74) is 4.07. The molecule has 1 aromatic carbocycles. The predicted octanol–water partition coefficient (Wildman–Crippen LogP) is 4.61. The monoisotopic (exact) mass is 200 g/mol. The highest BCUT2D eigenvalue weighted by molar-refractivity contribution is 5.70. The molecule has 0 fully saturated rings. The second-order valence-corrected chi connectivity index (χ2v) is 4.93. The normalized spacial score (nSPS) is 12.7. The maximum absolute atomic E-state index is 3.78. The van der Waals surface area contributed by atoms with Gasteiger partial charge < -0.3 is 0 Å². The zero-order valence-electron chi connectivity index (χ0n) is 10.2. The van der Waals surface area contributed by atoms with Gasteiger partial charge in [0.25, 0.3) is 0 Å². The summed E-state index contributed by atoms with van der Waals surface area (Å²) < 4.78 is 0. The Morgan fingerprint density at radius 2 is 1.67 bits per heavy atom. The van der Waals surface area contributed by atoms with Gasteiger partial charge in [-0.2, -0.15) is 0 Å². The first-order valence-corrected chi connectivity index (χ1v) is 5.35. The summed E-state index contributed by atoms with van der Waals surface area (Å²) in [7, 11) is 0. The van der Waals surface area contributed by atoms with Crippen LogP contribution in [-0.2, 0) is 0 Å². The van der Waals surface area contributed by atoms with Crippen molar-refractivity contribution in [2.45, 2.75) is 27.7 Å². The van der Waals surface area contributed by atoms with Gasteiger partial charge in [0, 0.05) is 0 Å². The Labute approximate surface area is 93.3 Å². The summed E-state index contributed by atoms with van der Waals surface area (Å²) >= 11 is 0. The lowest BCUT2D eigenvalue weighted by atomic mass is 9.81. The van der Waals surface area contributed by atoms with Crippen LogP contribution < -0.4 is 0 Å². The summed E-state index contributed by atoms with van der Waals surface area (Å²) in [6.07, 6.45) is 3.96. The van der Waals surface area contributed by atoms with Gasteiger partial charge in [0.05, 0.1) is 0 Å². The Balaban J connectivity index is 3.17. The molecule has 0 atom stereocenters. The molecule has 0 N–H and O–H groups in total. The third kappa shape index (κ3) is 3.09. The Morgan fingerprint density at radius 3 is 2.07 bits per heavy atom. The Morgan fingerprint density at radius 1 is 1.13 bits per heavy atom. The lowest BCUT2D eigenvalue weighted by molar-refractivity contribution is 0.567. The lowest BCUT2D eigenvalue weighted by Gasteiger charge is -2.23. The van der Waals surface area contributed by atoms with Crippen molar-refractivity contribution in [3.8, 4) is 0 Å². The predicted molar refractivity (Wildman–Crippen MR) is 68.8 cm³/mol. The molecule has 0 nitrogen and oxygen atoms in total. The molecule has 0 heterocycles. The molecule has 0 aliphatic heterocycles. The van der Waals surface area contributed by atoms with Crippen molar-refractivity contribution in [3.05, 3.63) is 54.1 Å². The van der Waals surface area contributed by atoms with Gasteiger partial charge in [-0.05, 0) is 23.5 Å². The van der Waals surface area contributed by atoms with Gasteiger partial charge in [0.15, 0.2) is 0 Å². The van der Waals surface area contributed by atoms with Crippen LogP contribution in [0.3, 0.4) is 0 Å². The second kappa shape index (κ2) is 4.48. The minimum absolute atomic E-state index is 0.156. The quantitative estimate of drug-likeness (QED) is 0.611. The Kier molecular flexibility index (Phi) is 3.52. The fraction of sp³-hybridized carbons (Fsp3) is 0.333. The second-order valence-electron chi connectivity index (χ2n) is 4.93. The molecule has 0 saturated carbocycles. The van der Waals surface area contributed by atoms with Crippen LogP contribution in [0.25, 0.3) is 5.57 Å². The van der Waals surface area contributed by atoms with Crippen molar-refractivity contribution in [1.29, 1.82) is 0 Å². The van der Waals surface area contributed by atoms with Crippen LogP contribution in [0.4, 0.5) is 0 Å². The van der Waals surface area contributed by atoms with Crippen molar-refractivity contribution >= 4 is 5.57 Å². The highest BCUT2D eigenvalue weighted by atomic mass is 14.2. The van der Waals surface area contributed by atoms with Gasteiger partial charge in [-0.1, -0.05) is 69.3 Å². The van der Waals surface area contributed by atoms with E-state index < -0.39 is 0 Å². The van der Waals surface area contributed by atoms with Crippen molar-refractivity contribution in [2.24, 2.45) is 5.41 Å². The number of rotatable bonds is 2. The number of allylic oxidation sites excluding steroid dienone is 3. The molecule has 1 aromatic rings. The average Bonchev–Trinajstić information content (AvgIpc) is 2.14. The van der Waals surface area contributed by atoms with Crippen LogP contribution in [0, 0.1) is 12.3 Å². The van der Waals surface area contributed by atoms with Crippen LogP contribution in [-0.4, -0.2) is 0 Å². The highest BCUT2D eigenvalue weighted by Gasteiger charge is 2.17. The van der Waals surface area contributed by atoms with Crippen molar-refractivity contribution in [2.75, 3.05) is 0 Å². The van der Waals surface area contributed by atoms with Crippen molar-refractivity contribution in [1.82, 2.24) is 0 Å². The highest BCUT2D eigenvalue weighted by Crippen LogP contribution is 2.33. The van der Waals surface area contributed by atoms with E-state index in [4.69, 9.17) is 0 Å². The van der Waals surface area contributed by atoms with Gasteiger partial charge in [0.2, 0.25) is 0 Å². The maximum Gasteiger partial charge on any atom is -0.0126 e. The number of hydrogen-bond donors (Lipinski definition) is 0. The van der Waals surface area contributed by atoms with E-state index in [0.29, 0.717) is 0 Å². The van der Waals surface area contributed by atoms with Crippen molar-refractivity contribution in [3.63, 3.8) is 0 Å². The van der Waals surface area contributed by atoms with E-state index >= 15 is 0 Å². The standard InChI is InChI=1S/C15H20/c1-6-7-14(15(3,4)5)13-10-8-12(2)9-11-13/h6-11H,1H2,2-5H3/b14-7-. The fourth-order valence-corrected chi connectivity index (χ4v) is 1.63. The van der Waals surface area contributed by atoms with E-state index in [1.165, 1.54) is 16.7 Å². The topological polar surface area (TPSA) is 0 Å². The van der Waals surface area contributed by atoms with Crippen LogP contribution in [0.1, 0.15) is 31.9 Å². The minimum atomic E-state index is 0.156. The smallest absolute Gasteiger partial charge is 0.0126 e. The average molecular weight is 200 g/mol. The molecule has 15 heavy (non-hydrogen) atoms. The van der Waals surface area contributed by atoms with E-state index in [1.54, 1.807) is 0 Å². The number of aryl methyl sites for hydroxylation is 1. The summed E-state index contributed by atoms with van der Waals surface area (Å²) in [6, 6.07) is 8.65. The molecule has 0 aromatic heterocycles. The van der Waals surface area contributed by atoms with Gasteiger partial charge >= 0.3 is 0 Å². The Bertz CT molecular complexity index is 358. The molecule has 0 aliphatic carbocycles. The zero-order chi connectivity index (χ0) is 11.5. The molecular formula is C15H20. The molecule has 0 saturated heterocycles. The third-order valence-electron chi connectivity index (χ3n) is 2.46. The van der Waals surface area contributed by atoms with Crippen LogP contribution >= 0.6 is 0 Å². The first-order chi connectivity index (χ1) is 6.95. The maximum atomic E-state index is 3.78. The minimum Gasteiger partial charge on any atom is -0.0991 e. The molecule has 1 rings (SSSR count). The first kappa shape index (κ1) is 11.8. The molecule has 0 bridgehead atoms. The first-order valence-electron chi connectivity index (χ1n) is 5.35. The SMILES string of the molecule is C=C/C=C(/c1ccc(C)cc1)C(C)(C)C. The van der Waals surface area contributed by atoms with E-state index in [9.17, 15) is 0 Å². The zero-order valence-corrected chi connectivity index (χ0v) is 10.2. The molecule has 0 aliphatic rings. The summed E-state index contributed by atoms with van der Waals surface area (Å²) in [6.45, 7) is 12.6. The fourth-order valence-electron chi connectivity index (χ4n) is 1.63.